The van der Waals surface area contributed by atoms with Crippen LogP contribution in [0.3, 0.4) is 0 Å². The fourth-order valence-electron chi connectivity index (χ4n) is 4.23. The van der Waals surface area contributed by atoms with Crippen molar-refractivity contribution in [2.75, 3.05) is 50.8 Å². The highest BCUT2D eigenvalue weighted by Crippen LogP contribution is 2.32. The van der Waals surface area contributed by atoms with E-state index in [1.165, 1.54) is 11.3 Å². The highest BCUT2D eigenvalue weighted by Gasteiger charge is 2.35. The van der Waals surface area contributed by atoms with Crippen molar-refractivity contribution in [2.24, 2.45) is 0 Å². The molecular weight excluding hydrogens is 440 g/mol. The van der Waals surface area contributed by atoms with E-state index in [4.69, 9.17) is 9.47 Å². The molecule has 2 aliphatic rings. The second-order valence-electron chi connectivity index (χ2n) is 7.82. The van der Waals surface area contributed by atoms with Gasteiger partial charge in [-0.2, -0.15) is 0 Å². The van der Waals surface area contributed by atoms with Gasteiger partial charge in [-0.3, -0.25) is 4.90 Å². The third-order valence-electron chi connectivity index (χ3n) is 5.74. The Morgan fingerprint density at radius 2 is 1.88 bits per heavy atom. The number of piperazine rings is 1. The first kappa shape index (κ1) is 23.1. The Labute approximate surface area is 198 Å². The van der Waals surface area contributed by atoms with E-state index >= 15 is 0 Å². The summed E-state index contributed by atoms with van der Waals surface area (Å²) >= 11 is 1.51. The van der Waals surface area contributed by atoms with Gasteiger partial charge in [0.1, 0.15) is 5.75 Å². The largest absolute Gasteiger partial charge is 0.492 e. The van der Waals surface area contributed by atoms with Gasteiger partial charge in [-0.05, 0) is 37.4 Å². The molecule has 1 aromatic heterocycles. The lowest BCUT2D eigenvalue weighted by Crippen LogP contribution is -2.51. The molecule has 4 rings (SSSR count). The molecule has 0 aliphatic carbocycles. The van der Waals surface area contributed by atoms with Crippen molar-refractivity contribution < 1.29 is 19.1 Å². The van der Waals surface area contributed by atoms with Crippen LogP contribution in [0.25, 0.3) is 0 Å². The minimum atomic E-state index is -0.507. The number of carbonyl (C=O) groups excluding carboxylic acids is 2. The van der Waals surface area contributed by atoms with E-state index in [2.05, 4.69) is 26.5 Å². The van der Waals surface area contributed by atoms with Crippen LogP contribution in [0.2, 0.25) is 0 Å². The van der Waals surface area contributed by atoms with Gasteiger partial charge in [0.05, 0.1) is 30.5 Å². The highest BCUT2D eigenvalue weighted by atomic mass is 32.1. The zero-order valence-corrected chi connectivity index (χ0v) is 19.8. The third kappa shape index (κ3) is 5.31. The Kier molecular flexibility index (Phi) is 7.51. The van der Waals surface area contributed by atoms with Crippen molar-refractivity contribution in [3.8, 4) is 5.75 Å². The van der Waals surface area contributed by atoms with Crippen LogP contribution in [0.15, 0.2) is 53.0 Å². The van der Waals surface area contributed by atoms with Gasteiger partial charge >= 0.3 is 12.0 Å². The molecule has 2 N–H and O–H groups in total. The number of amides is 2. The summed E-state index contributed by atoms with van der Waals surface area (Å²) < 4.78 is 11.1. The molecule has 1 aromatic carbocycles. The maximum Gasteiger partial charge on any atom is 0.338 e. The Bertz CT molecular complexity index is 1000. The average molecular weight is 471 g/mol. The van der Waals surface area contributed by atoms with Gasteiger partial charge in [0.2, 0.25) is 0 Å². The number of thiophene rings is 1. The van der Waals surface area contributed by atoms with Crippen molar-refractivity contribution in [3.63, 3.8) is 0 Å². The molecular formula is C24H30N4O4S. The topological polar surface area (TPSA) is 83.1 Å². The van der Waals surface area contributed by atoms with Crippen molar-refractivity contribution in [1.82, 2.24) is 15.5 Å². The molecule has 176 valence electrons. The molecule has 0 spiro atoms. The van der Waals surface area contributed by atoms with Crippen LogP contribution in [-0.4, -0.2) is 62.8 Å². The summed E-state index contributed by atoms with van der Waals surface area (Å²) in [5.41, 5.74) is 2.18. The van der Waals surface area contributed by atoms with Crippen LogP contribution >= 0.6 is 11.3 Å². The number of nitrogens with zero attached hydrogens (tertiary/aromatic N) is 2. The summed E-state index contributed by atoms with van der Waals surface area (Å²) in [4.78, 5) is 30.8. The Morgan fingerprint density at radius 1 is 1.09 bits per heavy atom. The summed E-state index contributed by atoms with van der Waals surface area (Å²) in [5.74, 6) is 0.493. The second kappa shape index (κ2) is 10.7. The Morgan fingerprint density at radius 3 is 2.58 bits per heavy atom. The smallest absolute Gasteiger partial charge is 0.338 e. The van der Waals surface area contributed by atoms with E-state index in [-0.39, 0.29) is 12.6 Å². The number of nitrogens with one attached hydrogen (secondary N) is 2. The lowest BCUT2D eigenvalue weighted by molar-refractivity contribution is -0.139. The second-order valence-corrected chi connectivity index (χ2v) is 8.80. The van der Waals surface area contributed by atoms with Crippen molar-refractivity contribution in [1.29, 1.82) is 0 Å². The number of urea groups is 1. The average Bonchev–Trinajstić information content (AvgIpc) is 3.35. The molecule has 0 saturated carbocycles. The zero-order valence-electron chi connectivity index (χ0n) is 19.0. The summed E-state index contributed by atoms with van der Waals surface area (Å²) in [6.07, 6.45) is 0. The van der Waals surface area contributed by atoms with Gasteiger partial charge in [-0.25, -0.2) is 9.59 Å². The molecule has 2 amide bonds. The fourth-order valence-corrected chi connectivity index (χ4v) is 5.01. The highest BCUT2D eigenvalue weighted by molar-refractivity contribution is 7.10. The van der Waals surface area contributed by atoms with Crippen LogP contribution in [0.4, 0.5) is 10.5 Å². The van der Waals surface area contributed by atoms with Crippen LogP contribution in [0.1, 0.15) is 24.8 Å². The quantitative estimate of drug-likeness (QED) is 0.577. The summed E-state index contributed by atoms with van der Waals surface area (Å²) in [6.45, 7) is 8.40. The molecule has 0 bridgehead atoms. The van der Waals surface area contributed by atoms with Gasteiger partial charge in [-0.1, -0.05) is 18.2 Å². The van der Waals surface area contributed by atoms with E-state index in [1.54, 1.807) is 6.92 Å². The number of esters is 1. The molecule has 8 nitrogen and oxygen atoms in total. The number of hydrogen-bond acceptors (Lipinski definition) is 7. The maximum absolute atomic E-state index is 12.9. The lowest BCUT2D eigenvalue weighted by atomic mass is 10.0. The molecule has 1 unspecified atom stereocenters. The fraction of sp³-hybridized carbons (Fsp3) is 0.417. The van der Waals surface area contributed by atoms with E-state index in [9.17, 15) is 9.59 Å². The SMILES string of the molecule is CCOC(=O)C1=C(CN2CCN(c3ccccc3OCC)CC2)NC(=O)NC1c1cccs1. The van der Waals surface area contributed by atoms with Gasteiger partial charge in [-0.15, -0.1) is 11.3 Å². The summed E-state index contributed by atoms with van der Waals surface area (Å²) in [5, 5.41) is 7.69. The molecule has 3 heterocycles. The van der Waals surface area contributed by atoms with E-state index in [0.717, 1.165) is 42.5 Å². The van der Waals surface area contributed by atoms with E-state index in [0.29, 0.717) is 24.4 Å². The molecule has 2 aliphatic heterocycles. The lowest BCUT2D eigenvalue weighted by Gasteiger charge is -2.38. The van der Waals surface area contributed by atoms with E-state index < -0.39 is 12.0 Å². The van der Waals surface area contributed by atoms with Crippen LogP contribution < -0.4 is 20.3 Å². The maximum atomic E-state index is 12.9. The normalized spacial score (nSPS) is 19.2. The predicted molar refractivity (Wildman–Crippen MR) is 129 cm³/mol. The first-order valence-electron chi connectivity index (χ1n) is 11.3. The van der Waals surface area contributed by atoms with Crippen molar-refractivity contribution in [3.05, 3.63) is 57.9 Å². The number of rotatable bonds is 8. The standard InChI is InChI=1S/C24H30N4O4S/c1-3-31-19-9-6-5-8-18(19)28-13-11-27(12-14-28)16-17-21(23(29)32-4-2)22(26-24(30)25-17)20-10-7-15-33-20/h5-10,15,22H,3-4,11-14,16H2,1-2H3,(H2,25,26,30). The minimum Gasteiger partial charge on any atom is -0.492 e. The van der Waals surface area contributed by atoms with Crippen molar-refractivity contribution in [2.45, 2.75) is 19.9 Å². The number of benzene rings is 1. The number of hydrogen-bond donors (Lipinski definition) is 2. The van der Waals surface area contributed by atoms with Crippen LogP contribution in [-0.2, 0) is 9.53 Å². The number of anilines is 1. The summed E-state index contributed by atoms with van der Waals surface area (Å²) in [7, 11) is 0. The number of carbonyl (C=O) groups is 2. The number of para-hydroxylation sites is 2. The van der Waals surface area contributed by atoms with Gasteiger partial charge in [0.25, 0.3) is 0 Å². The number of ether oxygens (including phenoxy) is 2. The summed E-state index contributed by atoms with van der Waals surface area (Å²) in [6, 6.07) is 11.1. The monoisotopic (exact) mass is 470 g/mol. The van der Waals surface area contributed by atoms with Crippen molar-refractivity contribution >= 4 is 29.0 Å². The Hall–Kier alpha value is -3.04. The van der Waals surface area contributed by atoms with E-state index in [1.807, 2.05) is 42.6 Å². The molecule has 0 radical (unpaired) electrons. The molecule has 2 aromatic rings. The van der Waals surface area contributed by atoms with Gasteiger partial charge in [0, 0.05) is 43.3 Å². The first-order chi connectivity index (χ1) is 16.1. The third-order valence-corrected chi connectivity index (χ3v) is 6.67. The minimum absolute atomic E-state index is 0.276. The zero-order chi connectivity index (χ0) is 23.2. The van der Waals surface area contributed by atoms with Crippen LogP contribution in [0, 0.1) is 0 Å². The van der Waals surface area contributed by atoms with Crippen LogP contribution in [0.5, 0.6) is 5.75 Å². The predicted octanol–water partition coefficient (Wildman–Crippen LogP) is 3.14. The molecule has 1 saturated heterocycles. The molecule has 1 atom stereocenters. The first-order valence-corrected chi connectivity index (χ1v) is 12.2. The van der Waals surface area contributed by atoms with Gasteiger partial charge < -0.3 is 25.0 Å². The molecule has 33 heavy (non-hydrogen) atoms. The molecule has 9 heteroatoms. The molecule has 1 fully saturated rings. The van der Waals surface area contributed by atoms with Gasteiger partial charge in [0.15, 0.2) is 0 Å². The Balaban J connectivity index is 1.51.